The summed E-state index contributed by atoms with van der Waals surface area (Å²) in [7, 11) is 1.97. The molecule has 0 radical (unpaired) electrons. The molecule has 0 aromatic carbocycles. The van der Waals surface area contributed by atoms with E-state index in [1.54, 1.807) is 0 Å². The van der Waals surface area contributed by atoms with E-state index >= 15 is 0 Å². The number of halogens is 1. The third-order valence-corrected chi connectivity index (χ3v) is 2.81. The average molecular weight is 230 g/mol. The minimum Gasteiger partial charge on any atom is -0.308 e. The summed E-state index contributed by atoms with van der Waals surface area (Å²) in [5.41, 5.74) is 1.22. The third-order valence-electron chi connectivity index (χ3n) is 2.15. The lowest BCUT2D eigenvalue weighted by Crippen LogP contribution is -2.17. The van der Waals surface area contributed by atoms with Gasteiger partial charge in [-0.05, 0) is 28.8 Å². The average Bonchev–Trinajstić information content (AvgIpc) is 2.80. The molecule has 1 heterocycles. The van der Waals surface area contributed by atoms with Crippen LogP contribution in [0.25, 0.3) is 0 Å². The zero-order valence-corrected chi connectivity index (χ0v) is 8.63. The summed E-state index contributed by atoms with van der Waals surface area (Å²) in [6.07, 6.45) is 4.49. The standard InChI is InChI=1S/C8H12BrN3/c1-12-8(7(9)4-11-12)5-10-6-2-3-6/h4,6,10H,2-3,5H2,1H3. The van der Waals surface area contributed by atoms with Gasteiger partial charge in [0.25, 0.3) is 0 Å². The van der Waals surface area contributed by atoms with Crippen molar-refractivity contribution in [1.82, 2.24) is 15.1 Å². The SMILES string of the molecule is Cn1ncc(Br)c1CNC1CC1. The maximum Gasteiger partial charge on any atom is 0.0660 e. The second-order valence-electron chi connectivity index (χ2n) is 3.22. The van der Waals surface area contributed by atoms with Crippen LogP contribution in [0.5, 0.6) is 0 Å². The van der Waals surface area contributed by atoms with Crippen LogP contribution in [0.1, 0.15) is 18.5 Å². The molecule has 1 fully saturated rings. The van der Waals surface area contributed by atoms with E-state index in [-0.39, 0.29) is 0 Å². The fourth-order valence-corrected chi connectivity index (χ4v) is 1.65. The third kappa shape index (κ3) is 1.69. The van der Waals surface area contributed by atoms with E-state index in [2.05, 4.69) is 26.3 Å². The highest BCUT2D eigenvalue weighted by molar-refractivity contribution is 9.10. The molecule has 1 saturated carbocycles. The van der Waals surface area contributed by atoms with Crippen LogP contribution in [0.15, 0.2) is 10.7 Å². The molecule has 0 unspecified atom stereocenters. The molecule has 1 aromatic heterocycles. The van der Waals surface area contributed by atoms with Crippen LogP contribution >= 0.6 is 15.9 Å². The van der Waals surface area contributed by atoms with E-state index in [0.717, 1.165) is 17.1 Å². The molecule has 2 rings (SSSR count). The molecule has 4 heteroatoms. The van der Waals surface area contributed by atoms with Gasteiger partial charge in [0.1, 0.15) is 0 Å². The largest absolute Gasteiger partial charge is 0.308 e. The van der Waals surface area contributed by atoms with Gasteiger partial charge in [0.2, 0.25) is 0 Å². The first kappa shape index (κ1) is 8.26. The summed E-state index contributed by atoms with van der Waals surface area (Å²) >= 11 is 3.46. The van der Waals surface area contributed by atoms with E-state index in [9.17, 15) is 0 Å². The molecular formula is C8H12BrN3. The van der Waals surface area contributed by atoms with Crippen LogP contribution in [0.3, 0.4) is 0 Å². The molecule has 1 N–H and O–H groups in total. The van der Waals surface area contributed by atoms with Gasteiger partial charge >= 0.3 is 0 Å². The van der Waals surface area contributed by atoms with Crippen LogP contribution < -0.4 is 5.32 Å². The zero-order valence-electron chi connectivity index (χ0n) is 7.05. The van der Waals surface area contributed by atoms with Gasteiger partial charge in [-0.2, -0.15) is 5.10 Å². The lowest BCUT2D eigenvalue weighted by Gasteiger charge is -2.03. The molecule has 1 aliphatic carbocycles. The molecule has 12 heavy (non-hydrogen) atoms. The number of hydrogen-bond acceptors (Lipinski definition) is 2. The summed E-state index contributed by atoms with van der Waals surface area (Å²) in [5, 5.41) is 7.59. The van der Waals surface area contributed by atoms with Crippen molar-refractivity contribution in [3.8, 4) is 0 Å². The van der Waals surface area contributed by atoms with Crippen molar-refractivity contribution in [2.75, 3.05) is 0 Å². The van der Waals surface area contributed by atoms with Gasteiger partial charge in [-0.3, -0.25) is 4.68 Å². The van der Waals surface area contributed by atoms with Crippen LogP contribution in [0, 0.1) is 0 Å². The minimum atomic E-state index is 0.756. The Morgan fingerprint density at radius 1 is 1.75 bits per heavy atom. The van der Waals surface area contributed by atoms with Crippen LogP contribution in [0.2, 0.25) is 0 Å². The van der Waals surface area contributed by atoms with E-state index in [0.29, 0.717) is 0 Å². The topological polar surface area (TPSA) is 29.9 Å². The van der Waals surface area contributed by atoms with Gasteiger partial charge in [0.05, 0.1) is 16.4 Å². The van der Waals surface area contributed by atoms with E-state index < -0.39 is 0 Å². The van der Waals surface area contributed by atoms with Crippen LogP contribution in [-0.4, -0.2) is 15.8 Å². The predicted octanol–water partition coefficient (Wildman–Crippen LogP) is 1.43. The Kier molecular flexibility index (Phi) is 2.19. The van der Waals surface area contributed by atoms with Gasteiger partial charge < -0.3 is 5.32 Å². The number of rotatable bonds is 3. The van der Waals surface area contributed by atoms with Crippen molar-refractivity contribution in [2.24, 2.45) is 7.05 Å². The highest BCUT2D eigenvalue weighted by Crippen LogP contribution is 2.21. The Balaban J connectivity index is 1.99. The van der Waals surface area contributed by atoms with Gasteiger partial charge in [0.15, 0.2) is 0 Å². The van der Waals surface area contributed by atoms with Crippen molar-refractivity contribution >= 4 is 15.9 Å². The Hall–Kier alpha value is -0.350. The van der Waals surface area contributed by atoms with Crippen LogP contribution in [-0.2, 0) is 13.6 Å². The summed E-state index contributed by atoms with van der Waals surface area (Å²) < 4.78 is 3.00. The molecule has 0 aliphatic heterocycles. The van der Waals surface area contributed by atoms with Gasteiger partial charge in [0, 0.05) is 19.6 Å². The Morgan fingerprint density at radius 2 is 2.50 bits per heavy atom. The van der Waals surface area contributed by atoms with Gasteiger partial charge in [-0.1, -0.05) is 0 Å². The van der Waals surface area contributed by atoms with E-state index in [4.69, 9.17) is 0 Å². The van der Waals surface area contributed by atoms with Gasteiger partial charge in [-0.25, -0.2) is 0 Å². The molecule has 0 spiro atoms. The maximum absolute atomic E-state index is 4.14. The number of aryl methyl sites for hydroxylation is 1. The van der Waals surface area contributed by atoms with Crippen molar-refractivity contribution in [3.05, 3.63) is 16.4 Å². The van der Waals surface area contributed by atoms with Crippen molar-refractivity contribution in [1.29, 1.82) is 0 Å². The Morgan fingerprint density at radius 3 is 3.00 bits per heavy atom. The second-order valence-corrected chi connectivity index (χ2v) is 4.07. The molecule has 1 aliphatic rings. The summed E-state index contributed by atoms with van der Waals surface area (Å²) in [5.74, 6) is 0. The highest BCUT2D eigenvalue weighted by Gasteiger charge is 2.20. The molecule has 1 aromatic rings. The quantitative estimate of drug-likeness (QED) is 0.851. The lowest BCUT2D eigenvalue weighted by atomic mass is 10.4. The molecule has 0 atom stereocenters. The minimum absolute atomic E-state index is 0.756. The van der Waals surface area contributed by atoms with Crippen molar-refractivity contribution in [3.63, 3.8) is 0 Å². The van der Waals surface area contributed by atoms with E-state index in [1.165, 1.54) is 18.5 Å². The molecule has 0 saturated heterocycles. The molecule has 0 bridgehead atoms. The van der Waals surface area contributed by atoms with Crippen molar-refractivity contribution in [2.45, 2.75) is 25.4 Å². The summed E-state index contributed by atoms with van der Waals surface area (Å²) in [6.45, 7) is 0.918. The smallest absolute Gasteiger partial charge is 0.0660 e. The first-order chi connectivity index (χ1) is 5.77. The Bertz CT molecular complexity index is 258. The highest BCUT2D eigenvalue weighted by atomic mass is 79.9. The number of hydrogen-bond donors (Lipinski definition) is 1. The number of nitrogens with zero attached hydrogens (tertiary/aromatic N) is 2. The monoisotopic (exact) mass is 229 g/mol. The number of nitrogens with one attached hydrogen (secondary N) is 1. The summed E-state index contributed by atoms with van der Waals surface area (Å²) in [6, 6.07) is 0.756. The maximum atomic E-state index is 4.14. The Labute approximate surface area is 80.3 Å². The van der Waals surface area contributed by atoms with E-state index in [1.807, 2.05) is 17.9 Å². The van der Waals surface area contributed by atoms with Crippen molar-refractivity contribution < 1.29 is 0 Å². The van der Waals surface area contributed by atoms with Gasteiger partial charge in [-0.15, -0.1) is 0 Å². The van der Waals surface area contributed by atoms with Crippen LogP contribution in [0.4, 0.5) is 0 Å². The molecule has 0 amide bonds. The first-order valence-electron chi connectivity index (χ1n) is 4.17. The predicted molar refractivity (Wildman–Crippen MR) is 50.8 cm³/mol. The second kappa shape index (κ2) is 3.18. The normalized spacial score (nSPS) is 16.8. The fraction of sp³-hybridized carbons (Fsp3) is 0.625. The zero-order chi connectivity index (χ0) is 8.55. The molecular weight excluding hydrogens is 218 g/mol. The summed E-state index contributed by atoms with van der Waals surface area (Å²) in [4.78, 5) is 0. The molecule has 3 nitrogen and oxygen atoms in total. The fourth-order valence-electron chi connectivity index (χ4n) is 1.16. The number of aromatic nitrogens is 2. The first-order valence-corrected chi connectivity index (χ1v) is 4.96. The molecule has 66 valence electrons. The lowest BCUT2D eigenvalue weighted by molar-refractivity contribution is 0.621.